The standard InChI is InChI=1S/C14H12BrNO2/c1-10-7-8-11(15)9-13(10)16-14(17)18-12-5-3-2-4-6-12/h2-9H,1H3,(H,16,17). The smallest absolute Gasteiger partial charge is 0.410 e. The first kappa shape index (κ1) is 12.6. The first-order chi connectivity index (χ1) is 8.65. The molecule has 0 bridgehead atoms. The molecule has 1 amide bonds. The van der Waals surface area contributed by atoms with E-state index in [1.807, 2.05) is 43.3 Å². The van der Waals surface area contributed by atoms with Gasteiger partial charge in [-0.3, -0.25) is 5.32 Å². The van der Waals surface area contributed by atoms with Crippen molar-refractivity contribution < 1.29 is 9.53 Å². The van der Waals surface area contributed by atoms with Gasteiger partial charge in [-0.25, -0.2) is 4.79 Å². The SMILES string of the molecule is Cc1ccc(Br)cc1NC(=O)Oc1ccccc1. The van der Waals surface area contributed by atoms with Gasteiger partial charge in [-0.15, -0.1) is 0 Å². The van der Waals surface area contributed by atoms with Crippen molar-refractivity contribution in [1.82, 2.24) is 0 Å². The summed E-state index contributed by atoms with van der Waals surface area (Å²) in [5, 5.41) is 2.71. The summed E-state index contributed by atoms with van der Waals surface area (Å²) in [6, 6.07) is 14.6. The van der Waals surface area contributed by atoms with E-state index in [-0.39, 0.29) is 0 Å². The Morgan fingerprint density at radius 1 is 1.17 bits per heavy atom. The molecule has 0 aliphatic rings. The van der Waals surface area contributed by atoms with Crippen molar-refractivity contribution in [1.29, 1.82) is 0 Å². The van der Waals surface area contributed by atoms with Crippen LogP contribution in [0.3, 0.4) is 0 Å². The minimum Gasteiger partial charge on any atom is -0.410 e. The van der Waals surface area contributed by atoms with E-state index in [0.29, 0.717) is 5.75 Å². The van der Waals surface area contributed by atoms with Gasteiger partial charge in [0, 0.05) is 10.2 Å². The molecule has 0 aromatic heterocycles. The van der Waals surface area contributed by atoms with Crippen molar-refractivity contribution in [3.63, 3.8) is 0 Å². The Morgan fingerprint density at radius 2 is 1.89 bits per heavy atom. The van der Waals surface area contributed by atoms with Crippen molar-refractivity contribution in [3.05, 3.63) is 58.6 Å². The molecule has 0 saturated heterocycles. The molecule has 0 fully saturated rings. The molecule has 0 radical (unpaired) electrons. The third kappa shape index (κ3) is 3.34. The van der Waals surface area contributed by atoms with Crippen LogP contribution in [0.25, 0.3) is 0 Å². The first-order valence-corrected chi connectivity index (χ1v) is 6.24. The zero-order chi connectivity index (χ0) is 13.0. The maximum absolute atomic E-state index is 11.7. The number of ether oxygens (including phenoxy) is 1. The summed E-state index contributed by atoms with van der Waals surface area (Å²) in [5.74, 6) is 0.516. The molecular formula is C14H12BrNO2. The first-order valence-electron chi connectivity index (χ1n) is 5.45. The lowest BCUT2D eigenvalue weighted by molar-refractivity contribution is 0.215. The molecule has 0 aliphatic heterocycles. The summed E-state index contributed by atoms with van der Waals surface area (Å²) in [7, 11) is 0. The van der Waals surface area contributed by atoms with Crippen molar-refractivity contribution in [2.45, 2.75) is 6.92 Å². The Hall–Kier alpha value is -1.81. The van der Waals surface area contributed by atoms with E-state index in [1.54, 1.807) is 12.1 Å². The number of hydrogen-bond acceptors (Lipinski definition) is 2. The minimum absolute atomic E-state index is 0.498. The number of halogens is 1. The summed E-state index contributed by atoms with van der Waals surface area (Å²) in [6.45, 7) is 1.92. The van der Waals surface area contributed by atoms with E-state index >= 15 is 0 Å². The Labute approximate surface area is 114 Å². The molecule has 18 heavy (non-hydrogen) atoms. The van der Waals surface area contributed by atoms with Gasteiger partial charge in [0.25, 0.3) is 0 Å². The molecule has 0 heterocycles. The lowest BCUT2D eigenvalue weighted by Crippen LogP contribution is -2.17. The third-order valence-electron chi connectivity index (χ3n) is 2.39. The van der Waals surface area contributed by atoms with Crippen LogP contribution in [0.4, 0.5) is 10.5 Å². The number of benzene rings is 2. The van der Waals surface area contributed by atoms with Gasteiger partial charge in [-0.05, 0) is 36.8 Å². The molecule has 3 nitrogen and oxygen atoms in total. The van der Waals surface area contributed by atoms with Gasteiger partial charge in [-0.1, -0.05) is 40.2 Å². The highest BCUT2D eigenvalue weighted by atomic mass is 79.9. The lowest BCUT2D eigenvalue weighted by Gasteiger charge is -2.09. The number of carbonyl (C=O) groups excluding carboxylic acids is 1. The maximum Gasteiger partial charge on any atom is 0.417 e. The minimum atomic E-state index is -0.498. The van der Waals surface area contributed by atoms with Crippen LogP contribution < -0.4 is 10.1 Å². The molecule has 92 valence electrons. The van der Waals surface area contributed by atoms with Gasteiger partial charge in [-0.2, -0.15) is 0 Å². The molecule has 0 spiro atoms. The molecule has 0 saturated carbocycles. The summed E-state index contributed by atoms with van der Waals surface area (Å²) in [5.41, 5.74) is 1.70. The number of hydrogen-bond donors (Lipinski definition) is 1. The van der Waals surface area contributed by atoms with Crippen LogP contribution in [0, 0.1) is 6.92 Å². The van der Waals surface area contributed by atoms with Crippen LogP contribution in [0.5, 0.6) is 5.75 Å². The number of aryl methyl sites for hydroxylation is 1. The van der Waals surface area contributed by atoms with Crippen LogP contribution in [0.2, 0.25) is 0 Å². The van der Waals surface area contributed by atoms with Crippen LogP contribution >= 0.6 is 15.9 Å². The second kappa shape index (κ2) is 5.69. The van der Waals surface area contributed by atoms with Crippen molar-refractivity contribution >= 4 is 27.7 Å². The average molecular weight is 306 g/mol. The number of rotatable bonds is 2. The molecular weight excluding hydrogens is 294 g/mol. The zero-order valence-electron chi connectivity index (χ0n) is 9.81. The summed E-state index contributed by atoms with van der Waals surface area (Å²) < 4.78 is 6.05. The maximum atomic E-state index is 11.7. The Balaban J connectivity index is 2.05. The largest absolute Gasteiger partial charge is 0.417 e. The highest BCUT2D eigenvalue weighted by Crippen LogP contribution is 2.21. The average Bonchev–Trinajstić information content (AvgIpc) is 2.35. The fraction of sp³-hybridized carbons (Fsp3) is 0.0714. The summed E-state index contributed by atoms with van der Waals surface area (Å²) >= 11 is 3.36. The van der Waals surface area contributed by atoms with E-state index < -0.39 is 6.09 Å². The van der Waals surface area contributed by atoms with E-state index in [2.05, 4.69) is 21.2 Å². The van der Waals surface area contributed by atoms with Gasteiger partial charge >= 0.3 is 6.09 Å². The Morgan fingerprint density at radius 3 is 2.61 bits per heavy atom. The van der Waals surface area contributed by atoms with Gasteiger partial charge < -0.3 is 4.74 Å². The molecule has 2 rings (SSSR count). The summed E-state index contributed by atoms with van der Waals surface area (Å²) in [6.07, 6.45) is -0.498. The Bertz CT molecular complexity index is 555. The van der Waals surface area contributed by atoms with Crippen LogP contribution in [0.15, 0.2) is 53.0 Å². The molecule has 0 aliphatic carbocycles. The lowest BCUT2D eigenvalue weighted by atomic mass is 10.2. The predicted octanol–water partition coefficient (Wildman–Crippen LogP) is 4.37. The van der Waals surface area contributed by atoms with Gasteiger partial charge in [0.15, 0.2) is 0 Å². The Kier molecular flexibility index (Phi) is 3.99. The van der Waals surface area contributed by atoms with Crippen LogP contribution in [-0.2, 0) is 0 Å². The topological polar surface area (TPSA) is 38.3 Å². The van der Waals surface area contributed by atoms with Crippen molar-refractivity contribution in [2.24, 2.45) is 0 Å². The van der Waals surface area contributed by atoms with E-state index in [0.717, 1.165) is 15.7 Å². The molecule has 2 aromatic carbocycles. The number of carbonyl (C=O) groups is 1. The van der Waals surface area contributed by atoms with Gasteiger partial charge in [0.05, 0.1) is 0 Å². The number of anilines is 1. The van der Waals surface area contributed by atoms with Gasteiger partial charge in [0.1, 0.15) is 5.75 Å². The highest BCUT2D eigenvalue weighted by Gasteiger charge is 2.07. The molecule has 0 unspecified atom stereocenters. The second-order valence-corrected chi connectivity index (χ2v) is 4.70. The number of nitrogens with one attached hydrogen (secondary N) is 1. The van der Waals surface area contributed by atoms with Gasteiger partial charge in [0.2, 0.25) is 0 Å². The van der Waals surface area contributed by atoms with Crippen molar-refractivity contribution in [3.8, 4) is 5.75 Å². The molecule has 2 aromatic rings. The highest BCUT2D eigenvalue weighted by molar-refractivity contribution is 9.10. The molecule has 0 atom stereocenters. The second-order valence-electron chi connectivity index (χ2n) is 3.79. The normalized spacial score (nSPS) is 9.89. The molecule has 1 N–H and O–H groups in total. The monoisotopic (exact) mass is 305 g/mol. The fourth-order valence-corrected chi connectivity index (χ4v) is 1.82. The van der Waals surface area contributed by atoms with Crippen molar-refractivity contribution in [2.75, 3.05) is 5.32 Å². The summed E-state index contributed by atoms with van der Waals surface area (Å²) in [4.78, 5) is 11.7. The quantitative estimate of drug-likeness (QED) is 0.895. The zero-order valence-corrected chi connectivity index (χ0v) is 11.4. The van der Waals surface area contributed by atoms with Crippen LogP contribution in [0.1, 0.15) is 5.56 Å². The third-order valence-corrected chi connectivity index (χ3v) is 2.88. The van der Waals surface area contributed by atoms with E-state index in [9.17, 15) is 4.79 Å². The van der Waals surface area contributed by atoms with E-state index in [1.165, 1.54) is 0 Å². The van der Waals surface area contributed by atoms with Crippen LogP contribution in [-0.4, -0.2) is 6.09 Å². The fourth-order valence-electron chi connectivity index (χ4n) is 1.46. The number of para-hydroxylation sites is 1. The van der Waals surface area contributed by atoms with E-state index in [4.69, 9.17) is 4.74 Å². The predicted molar refractivity (Wildman–Crippen MR) is 75.0 cm³/mol. The number of amides is 1. The molecule has 4 heteroatoms.